The van der Waals surface area contributed by atoms with Gasteiger partial charge in [0.1, 0.15) is 6.10 Å². The molecule has 4 N–H and O–H groups in total. The lowest BCUT2D eigenvalue weighted by Gasteiger charge is -2.21. The lowest BCUT2D eigenvalue weighted by Crippen LogP contribution is -2.48. The number of hydrogen-bond acceptors (Lipinski definition) is 4. The van der Waals surface area contributed by atoms with Crippen molar-refractivity contribution in [3.05, 3.63) is 36.5 Å². The van der Waals surface area contributed by atoms with Gasteiger partial charge in [0.25, 0.3) is 0 Å². The average Bonchev–Trinajstić information content (AvgIpc) is 3.01. The Kier molecular flexibility index (Phi) is 32.3. The van der Waals surface area contributed by atoms with Crippen molar-refractivity contribution >= 4 is 5.91 Å². The maximum Gasteiger partial charge on any atom is 0.249 e. The van der Waals surface area contributed by atoms with Gasteiger partial charge in [-0.2, -0.15) is 0 Å². The van der Waals surface area contributed by atoms with Gasteiger partial charge in [0.15, 0.2) is 0 Å². The maximum atomic E-state index is 12.4. The number of carbonyl (C=O) groups is 1. The van der Waals surface area contributed by atoms with E-state index in [-0.39, 0.29) is 6.61 Å². The summed E-state index contributed by atoms with van der Waals surface area (Å²) in [7, 11) is 0. The molecule has 0 fully saturated rings. The molecule has 0 radical (unpaired) electrons. The van der Waals surface area contributed by atoms with Crippen molar-refractivity contribution in [2.24, 2.45) is 0 Å². The van der Waals surface area contributed by atoms with E-state index in [4.69, 9.17) is 0 Å². The summed E-state index contributed by atoms with van der Waals surface area (Å²) in [6.45, 7) is 4.13. The molecule has 0 rings (SSSR count). The molecular weight excluding hydrogens is 534 g/mol. The number of carbonyl (C=O) groups excluding carboxylic acids is 1. The van der Waals surface area contributed by atoms with Gasteiger partial charge in [-0.1, -0.05) is 153 Å². The molecule has 0 bridgehead atoms. The van der Waals surface area contributed by atoms with E-state index in [2.05, 4.69) is 43.5 Å². The fourth-order valence-corrected chi connectivity index (χ4v) is 5.25. The van der Waals surface area contributed by atoms with Crippen LogP contribution < -0.4 is 5.32 Å². The summed E-state index contributed by atoms with van der Waals surface area (Å²) in [5.74, 6) is -0.524. The van der Waals surface area contributed by atoms with E-state index in [1.54, 1.807) is 6.08 Å². The Labute approximate surface area is 266 Å². The minimum Gasteiger partial charge on any atom is -0.394 e. The van der Waals surface area contributed by atoms with Gasteiger partial charge in [0.2, 0.25) is 5.91 Å². The highest BCUT2D eigenvalue weighted by molar-refractivity contribution is 5.80. The predicted octanol–water partition coefficient (Wildman–Crippen LogP) is 9.65. The minimum absolute atomic E-state index is 0.380. The lowest BCUT2D eigenvalue weighted by molar-refractivity contribution is -0.131. The van der Waals surface area contributed by atoms with Gasteiger partial charge < -0.3 is 20.6 Å². The zero-order valence-corrected chi connectivity index (χ0v) is 28.3. The fraction of sp³-hybridized carbons (Fsp3) is 0.816. The Morgan fingerprint density at radius 1 is 0.558 bits per heavy atom. The molecule has 5 heteroatoms. The van der Waals surface area contributed by atoms with E-state index < -0.39 is 24.2 Å². The van der Waals surface area contributed by atoms with Crippen molar-refractivity contribution in [1.82, 2.24) is 5.32 Å². The van der Waals surface area contributed by atoms with E-state index in [0.717, 1.165) is 51.4 Å². The Morgan fingerprint density at radius 2 is 0.953 bits per heavy atom. The van der Waals surface area contributed by atoms with Gasteiger partial charge in [-0.05, 0) is 57.8 Å². The summed E-state index contributed by atoms with van der Waals surface area (Å²) < 4.78 is 0. The van der Waals surface area contributed by atoms with E-state index in [9.17, 15) is 20.1 Å². The Morgan fingerprint density at radius 3 is 1.42 bits per heavy atom. The number of amides is 1. The van der Waals surface area contributed by atoms with Crippen molar-refractivity contribution in [1.29, 1.82) is 0 Å². The van der Waals surface area contributed by atoms with Crippen molar-refractivity contribution in [3.63, 3.8) is 0 Å². The van der Waals surface area contributed by atoms with Crippen LogP contribution in [0.2, 0.25) is 0 Å². The first-order valence-corrected chi connectivity index (χ1v) is 18.3. The first kappa shape index (κ1) is 41.6. The normalized spacial score (nSPS) is 14.3. The fourth-order valence-electron chi connectivity index (χ4n) is 5.25. The summed E-state index contributed by atoms with van der Waals surface area (Å²) >= 11 is 0. The van der Waals surface area contributed by atoms with Crippen molar-refractivity contribution in [2.45, 2.75) is 193 Å². The Hall–Kier alpha value is -1.43. The third kappa shape index (κ3) is 29.1. The van der Waals surface area contributed by atoms with Crippen LogP contribution in [0.15, 0.2) is 36.5 Å². The molecule has 3 unspecified atom stereocenters. The number of rotatable bonds is 32. The summed E-state index contributed by atoms with van der Waals surface area (Å²) in [5, 5.41) is 32.9. The Balaban J connectivity index is 3.80. The molecule has 0 aliphatic heterocycles. The number of aliphatic hydroxyl groups is 3. The van der Waals surface area contributed by atoms with Crippen LogP contribution in [0.4, 0.5) is 0 Å². The number of unbranched alkanes of at least 4 members (excludes halogenated alkanes) is 20. The lowest BCUT2D eigenvalue weighted by atomic mass is 10.1. The smallest absolute Gasteiger partial charge is 0.249 e. The third-order valence-corrected chi connectivity index (χ3v) is 8.20. The predicted molar refractivity (Wildman–Crippen MR) is 185 cm³/mol. The molecule has 0 aliphatic rings. The highest BCUT2D eigenvalue weighted by atomic mass is 16.3. The summed E-state index contributed by atoms with van der Waals surface area (Å²) in [4.78, 5) is 12.4. The van der Waals surface area contributed by atoms with Crippen LogP contribution in [0.1, 0.15) is 174 Å². The van der Waals surface area contributed by atoms with Crippen LogP contribution in [0.25, 0.3) is 0 Å². The second-order valence-corrected chi connectivity index (χ2v) is 12.4. The molecule has 0 aromatic carbocycles. The molecule has 43 heavy (non-hydrogen) atoms. The Bertz CT molecular complexity index is 675. The number of nitrogens with one attached hydrogen (secondary N) is 1. The van der Waals surface area contributed by atoms with Crippen LogP contribution in [0.5, 0.6) is 0 Å². The second-order valence-electron chi connectivity index (χ2n) is 12.4. The quantitative estimate of drug-likeness (QED) is 0.0454. The highest BCUT2D eigenvalue weighted by Gasteiger charge is 2.22. The number of allylic oxidation sites excluding steroid dienone is 5. The van der Waals surface area contributed by atoms with Crippen LogP contribution in [0.3, 0.4) is 0 Å². The molecule has 0 aromatic rings. The van der Waals surface area contributed by atoms with Crippen LogP contribution in [-0.4, -0.2) is 46.1 Å². The standard InChI is InChI=1S/C38H71NO4/c1-3-5-7-9-11-13-15-17-18-19-20-21-23-25-27-29-31-33-37(42)38(43)39-35(34-40)36(41)32-30-28-26-24-22-16-14-12-10-8-6-4-2/h20-22,24,30,32,35-37,40-42H,3-19,23,25-29,31,33-34H2,1-2H3,(H,39,43)/b21-20-,24-22+,32-30+. The number of hydrogen-bond donors (Lipinski definition) is 4. The molecule has 5 nitrogen and oxygen atoms in total. The molecule has 252 valence electrons. The van der Waals surface area contributed by atoms with Gasteiger partial charge >= 0.3 is 0 Å². The van der Waals surface area contributed by atoms with Gasteiger partial charge in [0, 0.05) is 0 Å². The van der Waals surface area contributed by atoms with Crippen molar-refractivity contribution < 1.29 is 20.1 Å². The van der Waals surface area contributed by atoms with Gasteiger partial charge in [-0.25, -0.2) is 0 Å². The molecule has 1 amide bonds. The largest absolute Gasteiger partial charge is 0.394 e. The number of aliphatic hydroxyl groups excluding tert-OH is 3. The SMILES string of the molecule is CCCCCCCC/C=C/CC/C=C/C(O)C(CO)NC(=O)C(O)CCCCCC/C=C\CCCCCCCCCCC. The van der Waals surface area contributed by atoms with E-state index in [1.807, 2.05) is 6.08 Å². The zero-order chi connectivity index (χ0) is 31.6. The summed E-state index contributed by atoms with van der Waals surface area (Å²) in [5.41, 5.74) is 0. The van der Waals surface area contributed by atoms with Crippen LogP contribution in [-0.2, 0) is 4.79 Å². The van der Waals surface area contributed by atoms with E-state index in [0.29, 0.717) is 6.42 Å². The molecule has 3 atom stereocenters. The van der Waals surface area contributed by atoms with Crippen LogP contribution in [0, 0.1) is 0 Å². The van der Waals surface area contributed by atoms with Gasteiger partial charge in [-0.3, -0.25) is 4.79 Å². The minimum atomic E-state index is -1.11. The van der Waals surface area contributed by atoms with Crippen molar-refractivity contribution in [3.8, 4) is 0 Å². The molecule has 0 aliphatic carbocycles. The average molecular weight is 606 g/mol. The van der Waals surface area contributed by atoms with Gasteiger partial charge in [-0.15, -0.1) is 0 Å². The second kappa shape index (κ2) is 33.5. The van der Waals surface area contributed by atoms with Gasteiger partial charge in [0.05, 0.1) is 18.8 Å². The zero-order valence-electron chi connectivity index (χ0n) is 28.3. The van der Waals surface area contributed by atoms with E-state index >= 15 is 0 Å². The molecular formula is C38H71NO4. The molecule has 0 aromatic heterocycles. The van der Waals surface area contributed by atoms with Crippen LogP contribution >= 0.6 is 0 Å². The van der Waals surface area contributed by atoms with E-state index in [1.165, 1.54) is 103 Å². The summed E-state index contributed by atoms with van der Waals surface area (Å²) in [6.07, 6.45) is 40.2. The summed E-state index contributed by atoms with van der Waals surface area (Å²) in [6, 6.07) is -0.816. The molecule has 0 heterocycles. The first-order valence-electron chi connectivity index (χ1n) is 18.3. The first-order chi connectivity index (χ1) is 21.1. The monoisotopic (exact) mass is 606 g/mol. The molecule has 0 saturated heterocycles. The maximum absolute atomic E-state index is 12.4. The molecule has 0 spiro atoms. The topological polar surface area (TPSA) is 89.8 Å². The third-order valence-electron chi connectivity index (χ3n) is 8.20. The highest BCUT2D eigenvalue weighted by Crippen LogP contribution is 2.12. The molecule has 0 saturated carbocycles. The van der Waals surface area contributed by atoms with Crippen molar-refractivity contribution in [2.75, 3.05) is 6.61 Å².